The zero-order valence-corrected chi connectivity index (χ0v) is 8.97. The fraction of sp³-hybridized carbons (Fsp3) is 0.455. The van der Waals surface area contributed by atoms with Crippen LogP contribution in [-0.2, 0) is 4.79 Å². The van der Waals surface area contributed by atoms with E-state index in [0.29, 0.717) is 6.42 Å². The summed E-state index contributed by atoms with van der Waals surface area (Å²) in [6, 6.07) is 3.72. The first-order chi connectivity index (χ1) is 7.09. The van der Waals surface area contributed by atoms with E-state index in [2.05, 4.69) is 4.98 Å². The fourth-order valence-electron chi connectivity index (χ4n) is 1.97. The molecule has 15 heavy (non-hydrogen) atoms. The van der Waals surface area contributed by atoms with Crippen molar-refractivity contribution in [2.45, 2.75) is 25.4 Å². The number of amides is 1. The van der Waals surface area contributed by atoms with Crippen LogP contribution < -0.4 is 5.73 Å². The Morgan fingerprint density at radius 2 is 2.27 bits per heavy atom. The predicted octanol–water partition coefficient (Wildman–Crippen LogP) is 0.621. The molecule has 0 saturated carbocycles. The Kier molecular flexibility index (Phi) is 2.44. The Morgan fingerprint density at radius 1 is 1.53 bits per heavy atom. The molecular formula is C11H15N3O. The predicted molar refractivity (Wildman–Crippen MR) is 57.1 cm³/mol. The zero-order chi connectivity index (χ0) is 11.0. The van der Waals surface area contributed by atoms with Crippen molar-refractivity contribution in [3.8, 4) is 0 Å². The Labute approximate surface area is 89.1 Å². The van der Waals surface area contributed by atoms with Gasteiger partial charge in [0.25, 0.3) is 0 Å². The minimum atomic E-state index is -0.141. The van der Waals surface area contributed by atoms with E-state index in [4.69, 9.17) is 5.73 Å². The van der Waals surface area contributed by atoms with Gasteiger partial charge in [0.2, 0.25) is 5.91 Å². The van der Waals surface area contributed by atoms with E-state index in [0.717, 1.165) is 11.3 Å². The second-order valence-corrected chi connectivity index (χ2v) is 4.08. The summed E-state index contributed by atoms with van der Waals surface area (Å²) in [6.07, 6.45) is 2.22. The first-order valence-electron chi connectivity index (χ1n) is 5.03. The number of hydrogen-bond acceptors (Lipinski definition) is 3. The summed E-state index contributed by atoms with van der Waals surface area (Å²) in [4.78, 5) is 17.5. The van der Waals surface area contributed by atoms with Gasteiger partial charge in [-0.3, -0.25) is 9.78 Å². The van der Waals surface area contributed by atoms with E-state index in [9.17, 15) is 4.79 Å². The van der Waals surface area contributed by atoms with Crippen molar-refractivity contribution >= 4 is 5.91 Å². The van der Waals surface area contributed by atoms with Crippen LogP contribution in [0.4, 0.5) is 0 Å². The van der Waals surface area contributed by atoms with Crippen LogP contribution in [0.5, 0.6) is 0 Å². The van der Waals surface area contributed by atoms with Gasteiger partial charge in [0.1, 0.15) is 0 Å². The molecule has 1 saturated heterocycles. The maximum Gasteiger partial charge on any atom is 0.224 e. The number of aryl methyl sites for hydroxylation is 1. The third-order valence-electron chi connectivity index (χ3n) is 2.86. The number of hydrogen-bond donors (Lipinski definition) is 1. The van der Waals surface area contributed by atoms with Crippen molar-refractivity contribution in [3.05, 3.63) is 29.6 Å². The van der Waals surface area contributed by atoms with Gasteiger partial charge < -0.3 is 10.6 Å². The molecule has 1 aromatic rings. The minimum Gasteiger partial charge on any atom is -0.335 e. The molecule has 1 aromatic heterocycles. The van der Waals surface area contributed by atoms with Gasteiger partial charge in [-0.2, -0.15) is 0 Å². The quantitative estimate of drug-likeness (QED) is 0.731. The average molecular weight is 205 g/mol. The Hall–Kier alpha value is -1.42. The largest absolute Gasteiger partial charge is 0.335 e. The number of pyridine rings is 1. The van der Waals surface area contributed by atoms with Crippen LogP contribution in [0.3, 0.4) is 0 Å². The number of rotatable bonds is 1. The summed E-state index contributed by atoms with van der Waals surface area (Å²) in [6.45, 7) is 1.99. The second-order valence-electron chi connectivity index (χ2n) is 4.08. The van der Waals surface area contributed by atoms with E-state index < -0.39 is 0 Å². The lowest BCUT2D eigenvalue weighted by atomic mass is 10.1. The molecule has 2 N–H and O–H groups in total. The van der Waals surface area contributed by atoms with Crippen LogP contribution in [0.2, 0.25) is 0 Å². The summed E-state index contributed by atoms with van der Waals surface area (Å²) in [5, 5.41) is 0. The number of carbonyl (C=O) groups is 1. The molecule has 0 radical (unpaired) electrons. The molecule has 1 aliphatic heterocycles. The molecule has 4 heteroatoms. The standard InChI is InChI=1S/C11H15N3O/c1-7-3-4-9(13-6-7)11-8(12)5-10(15)14(11)2/h3-4,6,8,11H,5,12H2,1-2H3. The lowest BCUT2D eigenvalue weighted by Crippen LogP contribution is -2.30. The van der Waals surface area contributed by atoms with Crippen LogP contribution in [0, 0.1) is 6.92 Å². The Bertz CT molecular complexity index is 374. The average Bonchev–Trinajstić information content (AvgIpc) is 2.44. The molecule has 0 aliphatic carbocycles. The van der Waals surface area contributed by atoms with Crippen molar-refractivity contribution in [2.24, 2.45) is 5.73 Å². The molecule has 1 fully saturated rings. The highest BCUT2D eigenvalue weighted by Gasteiger charge is 2.36. The molecule has 2 atom stereocenters. The molecule has 0 spiro atoms. The highest BCUT2D eigenvalue weighted by Crippen LogP contribution is 2.29. The van der Waals surface area contributed by atoms with E-state index >= 15 is 0 Å². The van der Waals surface area contributed by atoms with Gasteiger partial charge in [-0.15, -0.1) is 0 Å². The second kappa shape index (κ2) is 3.62. The molecular weight excluding hydrogens is 190 g/mol. The molecule has 0 aromatic carbocycles. The third-order valence-corrected chi connectivity index (χ3v) is 2.86. The number of likely N-dealkylation sites (N-methyl/N-ethyl adjacent to an activating group) is 1. The molecule has 2 unspecified atom stereocenters. The highest BCUT2D eigenvalue weighted by molar-refractivity contribution is 5.79. The molecule has 0 bridgehead atoms. The van der Waals surface area contributed by atoms with Crippen molar-refractivity contribution < 1.29 is 4.79 Å². The maximum absolute atomic E-state index is 11.5. The van der Waals surface area contributed by atoms with E-state index in [1.54, 1.807) is 18.1 Å². The SMILES string of the molecule is Cc1ccc(C2C(N)CC(=O)N2C)nc1. The zero-order valence-electron chi connectivity index (χ0n) is 8.97. The number of nitrogens with two attached hydrogens (primary N) is 1. The van der Waals surface area contributed by atoms with Crippen molar-refractivity contribution in [3.63, 3.8) is 0 Å². The van der Waals surface area contributed by atoms with Gasteiger partial charge in [0.15, 0.2) is 0 Å². The van der Waals surface area contributed by atoms with Crippen LogP contribution >= 0.6 is 0 Å². The molecule has 2 heterocycles. The van der Waals surface area contributed by atoms with E-state index in [1.165, 1.54) is 0 Å². The summed E-state index contributed by atoms with van der Waals surface area (Å²) >= 11 is 0. The van der Waals surface area contributed by atoms with Crippen LogP contribution in [-0.4, -0.2) is 28.9 Å². The van der Waals surface area contributed by atoms with Crippen LogP contribution in [0.1, 0.15) is 23.7 Å². The van der Waals surface area contributed by atoms with Crippen LogP contribution in [0.25, 0.3) is 0 Å². The normalized spacial score (nSPS) is 26.1. The van der Waals surface area contributed by atoms with Gasteiger partial charge >= 0.3 is 0 Å². The molecule has 80 valence electrons. The summed E-state index contributed by atoms with van der Waals surface area (Å²) in [5.74, 6) is 0.0925. The van der Waals surface area contributed by atoms with Crippen molar-refractivity contribution in [2.75, 3.05) is 7.05 Å². The van der Waals surface area contributed by atoms with Crippen LogP contribution in [0.15, 0.2) is 18.3 Å². The number of likely N-dealkylation sites (tertiary alicyclic amines) is 1. The number of carbonyl (C=O) groups excluding carboxylic acids is 1. The third kappa shape index (κ3) is 1.72. The molecule has 2 rings (SSSR count). The van der Waals surface area contributed by atoms with Gasteiger partial charge in [-0.05, 0) is 18.6 Å². The smallest absolute Gasteiger partial charge is 0.224 e. The van der Waals surface area contributed by atoms with E-state index in [1.807, 2.05) is 19.1 Å². The number of aromatic nitrogens is 1. The lowest BCUT2D eigenvalue weighted by molar-refractivity contribution is -0.127. The van der Waals surface area contributed by atoms with E-state index in [-0.39, 0.29) is 18.0 Å². The molecule has 1 amide bonds. The van der Waals surface area contributed by atoms with Crippen molar-refractivity contribution in [1.82, 2.24) is 9.88 Å². The van der Waals surface area contributed by atoms with Gasteiger partial charge in [-0.25, -0.2) is 0 Å². The van der Waals surface area contributed by atoms with Crippen molar-refractivity contribution in [1.29, 1.82) is 0 Å². The maximum atomic E-state index is 11.5. The lowest BCUT2D eigenvalue weighted by Gasteiger charge is -2.22. The Morgan fingerprint density at radius 3 is 2.73 bits per heavy atom. The summed E-state index contributed by atoms with van der Waals surface area (Å²) in [7, 11) is 1.78. The molecule has 1 aliphatic rings. The summed E-state index contributed by atoms with van der Waals surface area (Å²) in [5.41, 5.74) is 7.91. The number of nitrogens with zero attached hydrogens (tertiary/aromatic N) is 2. The molecule has 4 nitrogen and oxygen atoms in total. The van der Waals surface area contributed by atoms with Gasteiger partial charge in [-0.1, -0.05) is 6.07 Å². The Balaban J connectivity index is 2.30. The minimum absolute atomic E-state index is 0.0712. The van der Waals surface area contributed by atoms with Gasteiger partial charge in [0.05, 0.1) is 11.7 Å². The summed E-state index contributed by atoms with van der Waals surface area (Å²) < 4.78 is 0. The topological polar surface area (TPSA) is 59.2 Å². The first-order valence-corrected chi connectivity index (χ1v) is 5.03. The first kappa shape index (κ1) is 10.1. The fourth-order valence-corrected chi connectivity index (χ4v) is 1.97. The monoisotopic (exact) mass is 205 g/mol. The highest BCUT2D eigenvalue weighted by atomic mass is 16.2. The van der Waals surface area contributed by atoms with Gasteiger partial charge in [0, 0.05) is 25.7 Å².